The van der Waals surface area contributed by atoms with Crippen LogP contribution in [0.3, 0.4) is 0 Å². The van der Waals surface area contributed by atoms with Crippen molar-refractivity contribution in [3.63, 3.8) is 0 Å². The van der Waals surface area contributed by atoms with Gasteiger partial charge in [0.1, 0.15) is 5.65 Å². The Bertz CT molecular complexity index is 767. The summed E-state index contributed by atoms with van der Waals surface area (Å²) in [5.41, 5.74) is 3.38. The summed E-state index contributed by atoms with van der Waals surface area (Å²) in [4.78, 5) is 21.4. The molecule has 2 aromatic heterocycles. The summed E-state index contributed by atoms with van der Waals surface area (Å²) in [5.74, 6) is 0.0639. The Hall–Kier alpha value is -2.62. The number of carbonyl (C=O) groups is 1. The van der Waals surface area contributed by atoms with Gasteiger partial charge in [0.2, 0.25) is 5.91 Å². The molecule has 4 heteroatoms. The first kappa shape index (κ1) is 14.3. The van der Waals surface area contributed by atoms with E-state index in [1.165, 1.54) is 11.1 Å². The Morgan fingerprint density at radius 2 is 2.32 bits per heavy atom. The van der Waals surface area contributed by atoms with Gasteiger partial charge in [0.25, 0.3) is 0 Å². The smallest absolute Gasteiger partial charge is 0.246 e. The van der Waals surface area contributed by atoms with Gasteiger partial charge in [-0.25, -0.2) is 4.98 Å². The first-order valence-electron chi connectivity index (χ1n) is 7.49. The molecule has 1 amide bonds. The summed E-state index contributed by atoms with van der Waals surface area (Å²) in [6.07, 6.45) is 14.0. The monoisotopic (exact) mass is 293 g/mol. The largest absolute Gasteiger partial charge is 0.346 e. The number of H-pyrrole nitrogens is 1. The van der Waals surface area contributed by atoms with Crippen molar-refractivity contribution in [1.82, 2.24) is 14.9 Å². The molecule has 0 unspecified atom stereocenters. The van der Waals surface area contributed by atoms with Gasteiger partial charge < -0.3 is 9.88 Å². The first-order chi connectivity index (χ1) is 10.8. The number of carbonyl (C=O) groups excluding carboxylic acids is 1. The SMILES string of the molecule is CC=CC=CC(=O)N1CC=C(c2c[nH]c3ncccc23)CC1. The molecule has 1 aliphatic rings. The van der Waals surface area contributed by atoms with Gasteiger partial charge in [-0.05, 0) is 31.1 Å². The lowest BCUT2D eigenvalue weighted by Crippen LogP contribution is -2.33. The van der Waals surface area contributed by atoms with E-state index in [1.807, 2.05) is 36.2 Å². The van der Waals surface area contributed by atoms with E-state index >= 15 is 0 Å². The van der Waals surface area contributed by atoms with E-state index < -0.39 is 0 Å². The molecule has 2 aromatic rings. The standard InChI is InChI=1S/C18H19N3O/c1-2-3-4-7-17(22)21-11-8-14(9-12-21)16-13-20-18-15(16)6-5-10-19-18/h2-8,10,13H,9,11-12H2,1H3,(H,19,20). The highest BCUT2D eigenvalue weighted by atomic mass is 16.2. The molecule has 0 bridgehead atoms. The van der Waals surface area contributed by atoms with Gasteiger partial charge in [-0.3, -0.25) is 4.79 Å². The molecule has 22 heavy (non-hydrogen) atoms. The van der Waals surface area contributed by atoms with E-state index in [9.17, 15) is 4.79 Å². The maximum Gasteiger partial charge on any atom is 0.246 e. The number of hydrogen-bond acceptors (Lipinski definition) is 2. The van der Waals surface area contributed by atoms with Gasteiger partial charge in [-0.2, -0.15) is 0 Å². The fourth-order valence-corrected chi connectivity index (χ4v) is 2.69. The first-order valence-corrected chi connectivity index (χ1v) is 7.49. The van der Waals surface area contributed by atoms with Crippen molar-refractivity contribution in [2.45, 2.75) is 13.3 Å². The van der Waals surface area contributed by atoms with Gasteiger partial charge in [-0.1, -0.05) is 24.3 Å². The minimum absolute atomic E-state index is 0.0639. The fraction of sp³-hybridized carbons (Fsp3) is 0.222. The van der Waals surface area contributed by atoms with Crippen LogP contribution in [0.25, 0.3) is 16.6 Å². The van der Waals surface area contributed by atoms with Crippen LogP contribution < -0.4 is 0 Å². The summed E-state index contributed by atoms with van der Waals surface area (Å²) in [5, 5.41) is 1.14. The molecule has 0 saturated heterocycles. The predicted molar refractivity (Wildman–Crippen MR) is 89.2 cm³/mol. The maximum atomic E-state index is 12.0. The summed E-state index contributed by atoms with van der Waals surface area (Å²) >= 11 is 0. The average Bonchev–Trinajstić information content (AvgIpc) is 2.99. The topological polar surface area (TPSA) is 49.0 Å². The molecular formula is C18H19N3O. The molecule has 3 rings (SSSR count). The number of rotatable bonds is 3. The molecule has 0 atom stereocenters. The second-order valence-electron chi connectivity index (χ2n) is 5.25. The third-order valence-electron chi connectivity index (χ3n) is 3.86. The molecule has 0 aliphatic carbocycles. The van der Waals surface area contributed by atoms with Crippen LogP contribution >= 0.6 is 0 Å². The zero-order valence-corrected chi connectivity index (χ0v) is 12.6. The quantitative estimate of drug-likeness (QED) is 0.697. The Balaban J connectivity index is 1.75. The molecule has 0 fully saturated rings. The van der Waals surface area contributed by atoms with Gasteiger partial charge in [-0.15, -0.1) is 0 Å². The van der Waals surface area contributed by atoms with Crippen LogP contribution in [0.1, 0.15) is 18.9 Å². The summed E-state index contributed by atoms with van der Waals surface area (Å²) < 4.78 is 0. The second-order valence-corrected chi connectivity index (χ2v) is 5.25. The highest BCUT2D eigenvalue weighted by molar-refractivity contribution is 5.92. The number of allylic oxidation sites excluding steroid dienone is 3. The van der Waals surface area contributed by atoms with Crippen molar-refractivity contribution >= 4 is 22.5 Å². The van der Waals surface area contributed by atoms with Gasteiger partial charge in [0, 0.05) is 42.5 Å². The maximum absolute atomic E-state index is 12.0. The van der Waals surface area contributed by atoms with Crippen LogP contribution in [0.4, 0.5) is 0 Å². The number of amides is 1. The van der Waals surface area contributed by atoms with Crippen LogP contribution in [0.15, 0.2) is 54.9 Å². The lowest BCUT2D eigenvalue weighted by Gasteiger charge is -2.25. The zero-order chi connectivity index (χ0) is 15.4. The average molecular weight is 293 g/mol. The zero-order valence-electron chi connectivity index (χ0n) is 12.6. The summed E-state index contributed by atoms with van der Waals surface area (Å²) in [7, 11) is 0. The van der Waals surface area contributed by atoms with E-state index in [1.54, 1.807) is 18.3 Å². The van der Waals surface area contributed by atoms with Crippen molar-refractivity contribution in [3.05, 3.63) is 60.5 Å². The van der Waals surface area contributed by atoms with Gasteiger partial charge in [0.05, 0.1) is 0 Å². The van der Waals surface area contributed by atoms with Crippen molar-refractivity contribution in [2.24, 2.45) is 0 Å². The molecule has 0 spiro atoms. The molecule has 3 heterocycles. The number of nitrogens with zero attached hydrogens (tertiary/aromatic N) is 2. The highest BCUT2D eigenvalue weighted by Gasteiger charge is 2.17. The third kappa shape index (κ3) is 2.86. The van der Waals surface area contributed by atoms with Crippen LogP contribution in [0, 0.1) is 0 Å². The van der Waals surface area contributed by atoms with Gasteiger partial charge >= 0.3 is 0 Å². The third-order valence-corrected chi connectivity index (χ3v) is 3.86. The second kappa shape index (κ2) is 6.43. The number of aromatic amines is 1. The lowest BCUT2D eigenvalue weighted by atomic mass is 9.99. The molecular weight excluding hydrogens is 274 g/mol. The highest BCUT2D eigenvalue weighted by Crippen LogP contribution is 2.28. The van der Waals surface area contributed by atoms with Crippen molar-refractivity contribution < 1.29 is 4.79 Å². The normalized spacial score (nSPS) is 15.9. The molecule has 4 nitrogen and oxygen atoms in total. The number of aromatic nitrogens is 2. The summed E-state index contributed by atoms with van der Waals surface area (Å²) in [6.45, 7) is 3.33. The number of nitrogens with one attached hydrogen (secondary N) is 1. The Morgan fingerprint density at radius 3 is 3.09 bits per heavy atom. The van der Waals surface area contributed by atoms with E-state index in [-0.39, 0.29) is 5.91 Å². The summed E-state index contributed by atoms with van der Waals surface area (Å²) in [6, 6.07) is 4.03. The molecule has 112 valence electrons. The predicted octanol–water partition coefficient (Wildman–Crippen LogP) is 3.31. The fourth-order valence-electron chi connectivity index (χ4n) is 2.69. The Labute approximate surface area is 129 Å². The Morgan fingerprint density at radius 1 is 1.41 bits per heavy atom. The number of hydrogen-bond donors (Lipinski definition) is 1. The molecule has 0 radical (unpaired) electrons. The number of pyridine rings is 1. The van der Waals surface area contributed by atoms with Gasteiger partial charge in [0.15, 0.2) is 0 Å². The molecule has 1 aliphatic heterocycles. The minimum Gasteiger partial charge on any atom is -0.346 e. The minimum atomic E-state index is 0.0639. The Kier molecular flexibility index (Phi) is 4.19. The van der Waals surface area contributed by atoms with Crippen LogP contribution in [-0.4, -0.2) is 33.9 Å². The van der Waals surface area contributed by atoms with Crippen molar-refractivity contribution in [3.8, 4) is 0 Å². The van der Waals surface area contributed by atoms with Crippen molar-refractivity contribution in [1.29, 1.82) is 0 Å². The van der Waals surface area contributed by atoms with E-state index in [0.717, 1.165) is 24.0 Å². The van der Waals surface area contributed by atoms with Crippen LogP contribution in [0.5, 0.6) is 0 Å². The number of fused-ring (bicyclic) bond motifs is 1. The van der Waals surface area contributed by atoms with E-state index in [2.05, 4.69) is 22.1 Å². The van der Waals surface area contributed by atoms with E-state index in [0.29, 0.717) is 6.54 Å². The lowest BCUT2D eigenvalue weighted by molar-refractivity contribution is -0.125. The van der Waals surface area contributed by atoms with E-state index in [4.69, 9.17) is 0 Å². The molecule has 1 N–H and O–H groups in total. The van der Waals surface area contributed by atoms with Crippen LogP contribution in [-0.2, 0) is 4.79 Å². The van der Waals surface area contributed by atoms with Crippen molar-refractivity contribution in [2.75, 3.05) is 13.1 Å². The molecule has 0 saturated carbocycles. The molecule has 0 aromatic carbocycles. The van der Waals surface area contributed by atoms with Crippen LogP contribution in [0.2, 0.25) is 0 Å².